The van der Waals surface area contributed by atoms with Crippen LogP contribution in [-0.2, 0) is 0 Å². The van der Waals surface area contributed by atoms with Crippen molar-refractivity contribution < 1.29 is 13.7 Å². The van der Waals surface area contributed by atoms with Crippen molar-refractivity contribution in [1.29, 1.82) is 0 Å². The van der Waals surface area contributed by atoms with Gasteiger partial charge in [0.1, 0.15) is 17.5 Å². The average molecular weight is 473 g/mol. The third-order valence-electron chi connectivity index (χ3n) is 5.77. The van der Waals surface area contributed by atoms with E-state index in [2.05, 4.69) is 15.1 Å². The third-order valence-corrected chi connectivity index (χ3v) is 6.15. The molecule has 0 aliphatic carbocycles. The van der Waals surface area contributed by atoms with Gasteiger partial charge in [-0.1, -0.05) is 36.4 Å². The molecule has 0 saturated heterocycles. The van der Waals surface area contributed by atoms with Crippen molar-refractivity contribution in [1.82, 2.24) is 19.2 Å². The van der Waals surface area contributed by atoms with Gasteiger partial charge in [0, 0.05) is 28.9 Å². The SMILES string of the molecule is COc1ccccc1-c1nn(SF)c2ncc(-c3cccc(C(O)c4ncccc4C)c3)cc12. The quantitative estimate of drug-likeness (QED) is 0.330. The molecule has 5 rings (SSSR count). The normalized spacial score (nSPS) is 12.1. The van der Waals surface area contributed by atoms with Crippen LogP contribution in [0, 0.1) is 6.92 Å². The Bertz CT molecular complexity index is 1490. The van der Waals surface area contributed by atoms with E-state index in [0.717, 1.165) is 31.9 Å². The van der Waals surface area contributed by atoms with Gasteiger partial charge in [0.05, 0.1) is 12.8 Å². The summed E-state index contributed by atoms with van der Waals surface area (Å²) >= 11 is -0.00354. The number of methoxy groups -OCH3 is 1. The zero-order valence-electron chi connectivity index (χ0n) is 18.5. The third kappa shape index (κ3) is 3.91. The number of hydrogen-bond donors (Lipinski definition) is 1. The van der Waals surface area contributed by atoms with E-state index in [1.54, 1.807) is 19.5 Å². The number of aryl methyl sites for hydroxylation is 1. The molecule has 1 N–H and O–H groups in total. The first-order valence-electron chi connectivity index (χ1n) is 10.6. The summed E-state index contributed by atoms with van der Waals surface area (Å²) in [6.45, 7) is 1.92. The summed E-state index contributed by atoms with van der Waals surface area (Å²) < 4.78 is 20.3. The lowest BCUT2D eigenvalue weighted by molar-refractivity contribution is 0.214. The summed E-state index contributed by atoms with van der Waals surface area (Å²) in [5, 5.41) is 16.1. The van der Waals surface area contributed by atoms with Crippen LogP contribution in [0.2, 0.25) is 0 Å². The molecule has 0 saturated carbocycles. The van der Waals surface area contributed by atoms with Crippen molar-refractivity contribution in [2.24, 2.45) is 0 Å². The monoisotopic (exact) mass is 472 g/mol. The van der Waals surface area contributed by atoms with E-state index < -0.39 is 6.10 Å². The highest BCUT2D eigenvalue weighted by Crippen LogP contribution is 2.37. The van der Waals surface area contributed by atoms with Gasteiger partial charge in [0.2, 0.25) is 0 Å². The maximum atomic E-state index is 13.6. The van der Waals surface area contributed by atoms with Gasteiger partial charge in [-0.2, -0.15) is 9.19 Å². The maximum Gasteiger partial charge on any atom is 0.189 e. The van der Waals surface area contributed by atoms with Crippen molar-refractivity contribution in [3.05, 3.63) is 95.9 Å². The Balaban J connectivity index is 1.62. The molecule has 5 aromatic rings. The number of ether oxygens (including phenoxy) is 1. The van der Waals surface area contributed by atoms with Gasteiger partial charge >= 0.3 is 0 Å². The predicted octanol–water partition coefficient (Wildman–Crippen LogP) is 5.94. The Hall–Kier alpha value is -3.75. The van der Waals surface area contributed by atoms with Crippen LogP contribution < -0.4 is 4.74 Å². The fourth-order valence-corrected chi connectivity index (χ4v) is 4.38. The lowest BCUT2D eigenvalue weighted by atomic mass is 9.97. The molecule has 0 bridgehead atoms. The minimum atomic E-state index is -0.854. The lowest BCUT2D eigenvalue weighted by Crippen LogP contribution is -2.04. The molecule has 6 nitrogen and oxygen atoms in total. The van der Waals surface area contributed by atoms with E-state index in [1.165, 1.54) is 0 Å². The van der Waals surface area contributed by atoms with Gasteiger partial charge < -0.3 is 9.84 Å². The van der Waals surface area contributed by atoms with Crippen molar-refractivity contribution in [3.8, 4) is 28.1 Å². The molecule has 0 aliphatic rings. The second-order valence-electron chi connectivity index (χ2n) is 7.82. The molecule has 3 heterocycles. The first-order valence-corrected chi connectivity index (χ1v) is 11.3. The number of para-hydroxylation sites is 1. The van der Waals surface area contributed by atoms with Gasteiger partial charge in [-0.25, -0.2) is 4.98 Å². The van der Waals surface area contributed by atoms with Crippen molar-refractivity contribution >= 4 is 23.4 Å². The number of benzene rings is 2. The molecule has 3 aromatic heterocycles. The number of hydrogen-bond acceptors (Lipinski definition) is 6. The zero-order chi connectivity index (χ0) is 23.7. The number of rotatable bonds is 6. The first-order chi connectivity index (χ1) is 16.6. The molecule has 0 radical (unpaired) electrons. The van der Waals surface area contributed by atoms with Crippen LogP contribution in [-0.4, -0.2) is 31.4 Å². The molecule has 8 heteroatoms. The number of fused-ring (bicyclic) bond motifs is 1. The summed E-state index contributed by atoms with van der Waals surface area (Å²) in [6, 6.07) is 20.8. The van der Waals surface area contributed by atoms with E-state index in [0.29, 0.717) is 28.2 Å². The molecule has 34 heavy (non-hydrogen) atoms. The number of nitrogens with zero attached hydrogens (tertiary/aromatic N) is 4. The van der Waals surface area contributed by atoms with Gasteiger partial charge in [-0.3, -0.25) is 4.98 Å². The Morgan fingerprint density at radius 1 is 1.00 bits per heavy atom. The summed E-state index contributed by atoms with van der Waals surface area (Å²) in [4.78, 5) is 8.85. The van der Waals surface area contributed by atoms with Crippen LogP contribution in [0.1, 0.15) is 22.9 Å². The number of aliphatic hydroxyl groups is 1. The minimum Gasteiger partial charge on any atom is -0.496 e. The van der Waals surface area contributed by atoms with Crippen molar-refractivity contribution in [2.45, 2.75) is 13.0 Å². The van der Waals surface area contributed by atoms with Crippen molar-refractivity contribution in [3.63, 3.8) is 0 Å². The fraction of sp³-hybridized carbons (Fsp3) is 0.115. The van der Waals surface area contributed by atoms with E-state index in [9.17, 15) is 8.99 Å². The van der Waals surface area contributed by atoms with E-state index in [1.807, 2.05) is 73.7 Å². The Kier molecular flexibility index (Phi) is 6.00. The molecule has 170 valence electrons. The average Bonchev–Trinajstić information content (AvgIpc) is 3.26. The van der Waals surface area contributed by atoms with Crippen LogP contribution in [0.15, 0.2) is 79.1 Å². The van der Waals surface area contributed by atoms with Crippen molar-refractivity contribution in [2.75, 3.05) is 7.11 Å². The molecule has 0 aliphatic heterocycles. The van der Waals surface area contributed by atoms with Crippen LogP contribution in [0.25, 0.3) is 33.4 Å². The highest BCUT2D eigenvalue weighted by molar-refractivity contribution is 7.92. The lowest BCUT2D eigenvalue weighted by Gasteiger charge is -2.14. The number of halogens is 1. The fourth-order valence-electron chi connectivity index (χ4n) is 4.05. The zero-order valence-corrected chi connectivity index (χ0v) is 19.3. The highest BCUT2D eigenvalue weighted by atomic mass is 32.2. The van der Waals surface area contributed by atoms with Gasteiger partial charge in [-0.05, 0) is 53.9 Å². The highest BCUT2D eigenvalue weighted by Gasteiger charge is 2.19. The molecule has 0 amide bonds. The smallest absolute Gasteiger partial charge is 0.189 e. The maximum absolute atomic E-state index is 13.6. The molecular weight excluding hydrogens is 451 g/mol. The standard InChI is InChI=1S/C26H21FN4O2S/c1-16-7-6-12-28-23(16)25(32)18-9-5-8-17(13-18)19-14-21-24(20-10-3-4-11-22(20)33-2)30-31(34-27)26(21)29-15-19/h3-15,25,32H,1-2H3. The van der Waals surface area contributed by atoms with Crippen LogP contribution in [0.5, 0.6) is 5.75 Å². The summed E-state index contributed by atoms with van der Waals surface area (Å²) in [6.07, 6.45) is 2.50. The second kappa shape index (κ2) is 9.24. The first kappa shape index (κ1) is 22.1. The van der Waals surface area contributed by atoms with Gasteiger partial charge in [0.25, 0.3) is 0 Å². The second-order valence-corrected chi connectivity index (χ2v) is 8.30. The Morgan fingerprint density at radius 2 is 1.85 bits per heavy atom. The van der Waals surface area contributed by atoms with Crippen LogP contribution >= 0.6 is 12.3 Å². The van der Waals surface area contributed by atoms with Crippen LogP contribution in [0.3, 0.4) is 0 Å². The van der Waals surface area contributed by atoms with Gasteiger partial charge in [-0.15, -0.1) is 3.89 Å². The molecule has 0 fully saturated rings. The predicted molar refractivity (Wildman–Crippen MR) is 132 cm³/mol. The molecule has 1 unspecified atom stereocenters. The largest absolute Gasteiger partial charge is 0.496 e. The van der Waals surface area contributed by atoms with E-state index in [4.69, 9.17) is 4.74 Å². The number of aromatic nitrogens is 4. The minimum absolute atomic E-state index is 0.00354. The molecule has 2 aromatic carbocycles. The van der Waals surface area contributed by atoms with Crippen LogP contribution in [0.4, 0.5) is 3.89 Å². The van der Waals surface area contributed by atoms with Gasteiger partial charge in [0.15, 0.2) is 18.0 Å². The molecule has 0 spiro atoms. The summed E-state index contributed by atoms with van der Waals surface area (Å²) in [7, 11) is 1.59. The summed E-state index contributed by atoms with van der Waals surface area (Å²) in [5.41, 5.74) is 5.68. The number of pyridine rings is 2. The summed E-state index contributed by atoms with van der Waals surface area (Å²) in [5.74, 6) is 0.638. The number of aliphatic hydroxyl groups excluding tert-OH is 1. The Morgan fingerprint density at radius 3 is 2.65 bits per heavy atom. The topological polar surface area (TPSA) is 73.1 Å². The Labute approximate surface area is 200 Å². The van der Waals surface area contributed by atoms with E-state index >= 15 is 0 Å². The molecule has 1 atom stereocenters. The van der Waals surface area contributed by atoms with E-state index in [-0.39, 0.29) is 12.3 Å². The molecular formula is C26H21FN4O2S.